The molecule has 2 aromatic carbocycles. The van der Waals surface area contributed by atoms with Crippen LogP contribution in [0.3, 0.4) is 0 Å². The highest BCUT2D eigenvalue weighted by atomic mass is 19.2. The fourth-order valence-electron chi connectivity index (χ4n) is 3.80. The van der Waals surface area contributed by atoms with Gasteiger partial charge in [-0.2, -0.15) is 0 Å². The lowest BCUT2D eigenvalue weighted by atomic mass is 10.1. The van der Waals surface area contributed by atoms with Gasteiger partial charge in [-0.05, 0) is 62.0 Å². The molecular formula is C27H27F2N5O3. The van der Waals surface area contributed by atoms with Crippen molar-refractivity contribution in [2.24, 2.45) is 0 Å². The van der Waals surface area contributed by atoms with E-state index in [0.717, 1.165) is 41.6 Å². The zero-order valence-electron chi connectivity index (χ0n) is 20.6. The van der Waals surface area contributed by atoms with Crippen molar-refractivity contribution < 1.29 is 18.3 Å². The van der Waals surface area contributed by atoms with E-state index in [4.69, 9.17) is 4.74 Å². The summed E-state index contributed by atoms with van der Waals surface area (Å²) in [5.41, 5.74) is 1.20. The van der Waals surface area contributed by atoms with Crippen molar-refractivity contribution in [1.29, 1.82) is 0 Å². The largest absolute Gasteiger partial charge is 0.493 e. The number of hydrogen-bond acceptors (Lipinski definition) is 6. The van der Waals surface area contributed by atoms with Crippen LogP contribution in [-0.4, -0.2) is 52.6 Å². The van der Waals surface area contributed by atoms with Crippen LogP contribution < -0.4 is 15.6 Å². The topological polar surface area (TPSA) is 89.3 Å². The van der Waals surface area contributed by atoms with Crippen molar-refractivity contribution >= 4 is 16.8 Å². The third-order valence-corrected chi connectivity index (χ3v) is 5.71. The first-order chi connectivity index (χ1) is 17.8. The van der Waals surface area contributed by atoms with E-state index in [1.807, 2.05) is 38.4 Å². The van der Waals surface area contributed by atoms with E-state index in [-0.39, 0.29) is 18.7 Å². The van der Waals surface area contributed by atoms with E-state index in [1.165, 1.54) is 23.2 Å². The number of pyridine rings is 1. The van der Waals surface area contributed by atoms with Gasteiger partial charge in [-0.1, -0.05) is 12.1 Å². The summed E-state index contributed by atoms with van der Waals surface area (Å²) in [5, 5.41) is 3.57. The summed E-state index contributed by atoms with van der Waals surface area (Å²) in [7, 11) is 4.02. The lowest BCUT2D eigenvalue weighted by molar-refractivity contribution is 0.0948. The molecule has 10 heteroatoms. The Hall–Kier alpha value is -4.18. The molecule has 1 N–H and O–H groups in total. The Morgan fingerprint density at radius 1 is 1.08 bits per heavy atom. The number of ether oxygens (including phenoxy) is 1. The molecule has 0 atom stereocenters. The van der Waals surface area contributed by atoms with E-state index >= 15 is 0 Å². The minimum atomic E-state index is -1.01. The van der Waals surface area contributed by atoms with Crippen LogP contribution in [0.5, 0.6) is 5.75 Å². The predicted octanol–water partition coefficient (Wildman–Crippen LogP) is 3.38. The average Bonchev–Trinajstić information content (AvgIpc) is 2.88. The summed E-state index contributed by atoms with van der Waals surface area (Å²) < 4.78 is 33.9. The van der Waals surface area contributed by atoms with Gasteiger partial charge in [0.15, 0.2) is 11.6 Å². The van der Waals surface area contributed by atoms with Gasteiger partial charge in [-0.15, -0.1) is 0 Å². The molecule has 0 aliphatic carbocycles. The lowest BCUT2D eigenvalue weighted by Gasteiger charge is -2.12. The number of nitrogens with one attached hydrogen (secondary N) is 1. The highest BCUT2D eigenvalue weighted by Gasteiger charge is 2.14. The molecule has 4 rings (SSSR count). The highest BCUT2D eigenvalue weighted by molar-refractivity contribution is 5.93. The summed E-state index contributed by atoms with van der Waals surface area (Å²) in [6, 6.07) is 10.8. The Kier molecular flexibility index (Phi) is 8.19. The lowest BCUT2D eigenvalue weighted by Crippen LogP contribution is -2.33. The van der Waals surface area contributed by atoms with E-state index < -0.39 is 23.1 Å². The minimum Gasteiger partial charge on any atom is -0.493 e. The first-order valence-corrected chi connectivity index (χ1v) is 11.7. The second-order valence-electron chi connectivity index (χ2n) is 8.84. The molecule has 0 saturated heterocycles. The average molecular weight is 508 g/mol. The first kappa shape index (κ1) is 25.9. The van der Waals surface area contributed by atoms with Crippen LogP contribution in [0.15, 0.2) is 66.0 Å². The number of halogens is 2. The van der Waals surface area contributed by atoms with E-state index in [2.05, 4.69) is 20.2 Å². The van der Waals surface area contributed by atoms with Crippen LogP contribution in [0.25, 0.3) is 10.9 Å². The summed E-state index contributed by atoms with van der Waals surface area (Å²) in [6.45, 7) is 1.59. The number of rotatable bonds is 10. The summed E-state index contributed by atoms with van der Waals surface area (Å²) in [6.07, 6.45) is 5.00. The number of hydrogen-bond donors (Lipinski definition) is 1. The summed E-state index contributed by atoms with van der Waals surface area (Å²) in [5.74, 6) is -1.87. The third-order valence-electron chi connectivity index (χ3n) is 5.71. The van der Waals surface area contributed by atoms with Crippen molar-refractivity contribution in [2.75, 3.05) is 27.2 Å². The van der Waals surface area contributed by atoms with E-state index in [9.17, 15) is 18.4 Å². The van der Waals surface area contributed by atoms with Gasteiger partial charge < -0.3 is 15.0 Å². The molecule has 0 radical (unpaired) electrons. The van der Waals surface area contributed by atoms with E-state index in [0.29, 0.717) is 17.9 Å². The second kappa shape index (κ2) is 11.7. The maximum Gasteiger partial charge on any atom is 0.266 e. The minimum absolute atomic E-state index is 0.0564. The molecule has 192 valence electrons. The number of fused-ring (bicyclic) bond motifs is 1. The second-order valence-corrected chi connectivity index (χ2v) is 8.84. The highest BCUT2D eigenvalue weighted by Crippen LogP contribution is 2.25. The Balaban J connectivity index is 1.45. The summed E-state index contributed by atoms with van der Waals surface area (Å²) >= 11 is 0. The van der Waals surface area contributed by atoms with Crippen molar-refractivity contribution in [3.63, 3.8) is 0 Å². The van der Waals surface area contributed by atoms with Gasteiger partial charge in [-0.3, -0.25) is 19.1 Å². The fraction of sp³-hybridized carbons (Fsp3) is 0.259. The molecule has 8 nitrogen and oxygen atoms in total. The molecule has 0 aliphatic rings. The normalized spacial score (nSPS) is 11.2. The summed E-state index contributed by atoms with van der Waals surface area (Å²) in [4.78, 5) is 36.0. The smallest absolute Gasteiger partial charge is 0.266 e. The molecule has 2 heterocycles. The van der Waals surface area contributed by atoms with Gasteiger partial charge in [0.1, 0.15) is 11.3 Å². The Morgan fingerprint density at radius 3 is 2.68 bits per heavy atom. The molecule has 0 unspecified atom stereocenters. The Labute approximate surface area is 212 Å². The van der Waals surface area contributed by atoms with Crippen LogP contribution in [0.2, 0.25) is 0 Å². The molecule has 0 aliphatic heterocycles. The molecule has 2 aromatic heterocycles. The number of benzene rings is 2. The van der Waals surface area contributed by atoms with Crippen LogP contribution in [-0.2, 0) is 13.1 Å². The van der Waals surface area contributed by atoms with Crippen molar-refractivity contribution in [3.05, 3.63) is 99.9 Å². The molecule has 4 aromatic rings. The number of amides is 1. The molecule has 1 amide bonds. The van der Waals surface area contributed by atoms with Gasteiger partial charge in [0.05, 0.1) is 25.0 Å². The Bertz CT molecular complexity index is 1470. The molecule has 0 saturated carbocycles. The van der Waals surface area contributed by atoms with Gasteiger partial charge in [-0.25, -0.2) is 13.8 Å². The maximum atomic E-state index is 13.5. The molecule has 0 fully saturated rings. The molecule has 37 heavy (non-hydrogen) atoms. The number of aromatic nitrogens is 3. The molecular weight excluding hydrogens is 480 g/mol. The van der Waals surface area contributed by atoms with E-state index in [1.54, 1.807) is 6.20 Å². The Morgan fingerprint density at radius 2 is 1.89 bits per heavy atom. The van der Waals surface area contributed by atoms with Gasteiger partial charge in [0.2, 0.25) is 0 Å². The van der Waals surface area contributed by atoms with Crippen LogP contribution in [0.1, 0.15) is 27.9 Å². The number of carbonyl (C=O) groups excluding carboxylic acids is 1. The first-order valence-electron chi connectivity index (χ1n) is 11.7. The quantitative estimate of drug-likeness (QED) is 0.331. The standard InChI is InChI=1S/C27H27F2N5O3/c1-33(2)10-3-11-37-25-8-9-31-24-7-5-18(12-20(24)25)14-32-26(35)21-15-30-17-34(27(21)36)16-19-4-6-22(28)23(29)13-19/h4-9,12-13,15,17H,3,10-11,14,16H2,1-2H3,(H,32,35). The zero-order chi connectivity index (χ0) is 26.4. The number of carbonyl (C=O) groups is 1. The van der Waals surface area contributed by atoms with Gasteiger partial charge in [0.25, 0.3) is 11.5 Å². The molecule has 0 bridgehead atoms. The van der Waals surface area contributed by atoms with Crippen molar-refractivity contribution in [2.45, 2.75) is 19.5 Å². The predicted molar refractivity (Wildman–Crippen MR) is 136 cm³/mol. The maximum absolute atomic E-state index is 13.5. The van der Waals surface area contributed by atoms with Crippen LogP contribution in [0, 0.1) is 11.6 Å². The number of nitrogens with zero attached hydrogens (tertiary/aromatic N) is 4. The van der Waals surface area contributed by atoms with Crippen LogP contribution >= 0.6 is 0 Å². The van der Waals surface area contributed by atoms with Gasteiger partial charge in [0, 0.05) is 30.9 Å². The fourth-order valence-corrected chi connectivity index (χ4v) is 3.80. The van der Waals surface area contributed by atoms with Crippen molar-refractivity contribution in [3.8, 4) is 5.75 Å². The van der Waals surface area contributed by atoms with Gasteiger partial charge >= 0.3 is 0 Å². The monoisotopic (exact) mass is 507 g/mol. The third kappa shape index (κ3) is 6.53. The zero-order valence-corrected chi connectivity index (χ0v) is 20.6. The van der Waals surface area contributed by atoms with Crippen molar-refractivity contribution in [1.82, 2.24) is 24.8 Å². The van der Waals surface area contributed by atoms with Crippen LogP contribution in [0.4, 0.5) is 8.78 Å². The SMILES string of the molecule is CN(C)CCCOc1ccnc2ccc(CNC(=O)c3cncn(Cc4ccc(F)c(F)c4)c3=O)cc12. The molecule has 0 spiro atoms.